The van der Waals surface area contributed by atoms with E-state index in [0.29, 0.717) is 24.2 Å². The number of carbonyl (C=O) groups excluding carboxylic acids is 1. The summed E-state index contributed by atoms with van der Waals surface area (Å²) in [7, 11) is 0. The lowest BCUT2D eigenvalue weighted by molar-refractivity contribution is -0.145. The maximum absolute atomic E-state index is 12.5. The number of aliphatic carboxylic acids is 1. The fourth-order valence-electron chi connectivity index (χ4n) is 2.51. The maximum Gasteiger partial charge on any atom is 0.443 e. The predicted octanol–water partition coefficient (Wildman–Crippen LogP) is 3.07. The van der Waals surface area contributed by atoms with Gasteiger partial charge in [-0.25, -0.2) is 9.78 Å². The van der Waals surface area contributed by atoms with Crippen molar-refractivity contribution < 1.29 is 27.9 Å². The summed E-state index contributed by atoms with van der Waals surface area (Å²) in [5, 5.41) is 11.7. The molecule has 0 atom stereocenters. The van der Waals surface area contributed by atoms with E-state index in [1.54, 1.807) is 0 Å². The van der Waals surface area contributed by atoms with Crippen LogP contribution in [-0.4, -0.2) is 27.5 Å². The average Bonchev–Trinajstić information content (AvgIpc) is 2.81. The van der Waals surface area contributed by atoms with Gasteiger partial charge in [-0.15, -0.1) is 11.3 Å². The first-order chi connectivity index (χ1) is 10.2. The maximum atomic E-state index is 12.5. The van der Waals surface area contributed by atoms with Crippen LogP contribution >= 0.6 is 11.3 Å². The number of alkyl halides is 3. The lowest BCUT2D eigenvalue weighted by Crippen LogP contribution is -2.54. The van der Waals surface area contributed by atoms with Crippen molar-refractivity contribution in [3.63, 3.8) is 0 Å². The van der Waals surface area contributed by atoms with Crippen LogP contribution in [0.5, 0.6) is 0 Å². The third kappa shape index (κ3) is 3.57. The predicted molar refractivity (Wildman–Crippen MR) is 72.7 cm³/mol. The Morgan fingerprint density at radius 2 is 1.82 bits per heavy atom. The quantitative estimate of drug-likeness (QED) is 0.832. The summed E-state index contributed by atoms with van der Waals surface area (Å²) in [6, 6.07) is 0. The van der Waals surface area contributed by atoms with Crippen LogP contribution in [-0.2, 0) is 11.0 Å². The highest BCUT2D eigenvalue weighted by atomic mass is 32.1. The van der Waals surface area contributed by atoms with E-state index in [2.05, 4.69) is 10.3 Å². The molecule has 1 saturated carbocycles. The zero-order valence-corrected chi connectivity index (χ0v) is 12.4. The fraction of sp³-hybridized carbons (Fsp3) is 0.615. The molecule has 1 heterocycles. The van der Waals surface area contributed by atoms with Gasteiger partial charge >= 0.3 is 12.1 Å². The number of hydrogen-bond acceptors (Lipinski definition) is 4. The molecule has 1 fully saturated rings. The summed E-state index contributed by atoms with van der Waals surface area (Å²) in [6.45, 7) is 0. The number of rotatable bonds is 3. The van der Waals surface area contributed by atoms with Crippen molar-refractivity contribution in [2.45, 2.75) is 50.2 Å². The van der Waals surface area contributed by atoms with Crippen molar-refractivity contribution in [2.24, 2.45) is 0 Å². The normalized spacial score (nSPS) is 18.5. The van der Waals surface area contributed by atoms with E-state index in [-0.39, 0.29) is 12.8 Å². The minimum atomic E-state index is -4.62. The van der Waals surface area contributed by atoms with Crippen LogP contribution in [0.2, 0.25) is 0 Å². The van der Waals surface area contributed by atoms with Gasteiger partial charge in [0.05, 0.1) is 0 Å². The molecule has 0 aliphatic heterocycles. The van der Waals surface area contributed by atoms with E-state index in [1.807, 2.05) is 0 Å². The molecule has 0 aromatic carbocycles. The molecule has 1 aromatic rings. The third-order valence-corrected chi connectivity index (χ3v) is 4.59. The third-order valence-electron chi connectivity index (χ3n) is 3.70. The minimum Gasteiger partial charge on any atom is -0.480 e. The molecule has 5 nitrogen and oxygen atoms in total. The second-order valence-electron chi connectivity index (χ2n) is 5.29. The number of nitrogens with zero attached hydrogens (tertiary/aromatic N) is 1. The Morgan fingerprint density at radius 1 is 1.23 bits per heavy atom. The van der Waals surface area contributed by atoms with Crippen LogP contribution < -0.4 is 5.32 Å². The summed E-state index contributed by atoms with van der Waals surface area (Å²) in [4.78, 5) is 26.9. The first-order valence-electron chi connectivity index (χ1n) is 6.83. The Labute approximate surface area is 128 Å². The van der Waals surface area contributed by atoms with Crippen molar-refractivity contribution in [3.8, 4) is 0 Å². The fourth-order valence-corrected chi connectivity index (χ4v) is 3.18. The largest absolute Gasteiger partial charge is 0.480 e. The summed E-state index contributed by atoms with van der Waals surface area (Å²) in [6.07, 6.45) is -1.03. The molecule has 0 radical (unpaired) electrons. The standard InChI is InChI=1S/C13H15F3N2O3S/c14-13(15,16)10-17-8(7-22-10)9(19)18-12(11(20)21)5-3-1-2-4-6-12/h7H,1-6H2,(H,18,19)(H,20,21). The van der Waals surface area contributed by atoms with Gasteiger partial charge in [-0.2, -0.15) is 13.2 Å². The number of hydrogen-bond donors (Lipinski definition) is 2. The zero-order valence-electron chi connectivity index (χ0n) is 11.6. The van der Waals surface area contributed by atoms with E-state index in [0.717, 1.165) is 18.2 Å². The Kier molecular flexibility index (Phi) is 4.74. The molecular weight excluding hydrogens is 321 g/mol. The van der Waals surface area contributed by atoms with E-state index >= 15 is 0 Å². The molecule has 1 aliphatic rings. The lowest BCUT2D eigenvalue weighted by atomic mass is 9.90. The van der Waals surface area contributed by atoms with Crippen molar-refractivity contribution in [2.75, 3.05) is 0 Å². The van der Waals surface area contributed by atoms with Crippen LogP contribution in [0.3, 0.4) is 0 Å². The number of amides is 1. The summed E-state index contributed by atoms with van der Waals surface area (Å²) in [5.74, 6) is -2.04. The first-order valence-corrected chi connectivity index (χ1v) is 7.71. The minimum absolute atomic E-state index is 0.268. The van der Waals surface area contributed by atoms with E-state index in [9.17, 15) is 27.9 Å². The number of halogens is 3. The number of carboxylic acid groups (broad SMARTS) is 1. The van der Waals surface area contributed by atoms with Gasteiger partial charge in [-0.05, 0) is 12.8 Å². The summed E-state index contributed by atoms with van der Waals surface area (Å²) >= 11 is 0.314. The average molecular weight is 336 g/mol. The molecule has 9 heteroatoms. The Morgan fingerprint density at radius 3 is 2.27 bits per heavy atom. The summed E-state index contributed by atoms with van der Waals surface area (Å²) < 4.78 is 37.5. The Hall–Kier alpha value is -1.64. The van der Waals surface area contributed by atoms with Gasteiger partial charge in [0, 0.05) is 5.38 Å². The van der Waals surface area contributed by atoms with Crippen molar-refractivity contribution in [1.82, 2.24) is 10.3 Å². The van der Waals surface area contributed by atoms with Gasteiger partial charge in [0.1, 0.15) is 11.2 Å². The van der Waals surface area contributed by atoms with Crippen LogP contribution in [0.1, 0.15) is 54.0 Å². The lowest BCUT2D eigenvalue weighted by Gasteiger charge is -2.28. The molecule has 1 aliphatic carbocycles. The summed E-state index contributed by atoms with van der Waals surface area (Å²) in [5.41, 5.74) is -1.82. The van der Waals surface area contributed by atoms with E-state index < -0.39 is 34.3 Å². The van der Waals surface area contributed by atoms with Gasteiger partial charge in [0.2, 0.25) is 0 Å². The molecule has 1 amide bonds. The Balaban J connectivity index is 2.18. The highest BCUT2D eigenvalue weighted by Gasteiger charge is 2.41. The van der Waals surface area contributed by atoms with Gasteiger partial charge in [0.25, 0.3) is 5.91 Å². The SMILES string of the molecule is O=C(NC1(C(=O)O)CCCCCC1)c1csc(C(F)(F)F)n1. The van der Waals surface area contributed by atoms with Gasteiger partial charge < -0.3 is 10.4 Å². The number of aromatic nitrogens is 1. The monoisotopic (exact) mass is 336 g/mol. The second-order valence-corrected chi connectivity index (χ2v) is 6.15. The number of carboxylic acids is 1. The second kappa shape index (κ2) is 6.23. The number of carbonyl (C=O) groups is 2. The molecule has 0 saturated heterocycles. The van der Waals surface area contributed by atoms with Crippen LogP contribution in [0, 0.1) is 0 Å². The van der Waals surface area contributed by atoms with Crippen molar-refractivity contribution in [3.05, 3.63) is 16.1 Å². The molecule has 22 heavy (non-hydrogen) atoms. The van der Waals surface area contributed by atoms with E-state index in [1.165, 1.54) is 0 Å². The Bertz CT molecular complexity index is 563. The highest BCUT2D eigenvalue weighted by Crippen LogP contribution is 2.32. The highest BCUT2D eigenvalue weighted by molar-refractivity contribution is 7.09. The van der Waals surface area contributed by atoms with E-state index in [4.69, 9.17) is 0 Å². The molecular formula is C13H15F3N2O3S. The molecule has 0 unspecified atom stereocenters. The van der Waals surface area contributed by atoms with Crippen molar-refractivity contribution >= 4 is 23.2 Å². The topological polar surface area (TPSA) is 79.3 Å². The van der Waals surface area contributed by atoms with Crippen LogP contribution in [0.15, 0.2) is 5.38 Å². The molecule has 0 bridgehead atoms. The zero-order chi connectivity index (χ0) is 16.4. The smallest absolute Gasteiger partial charge is 0.443 e. The van der Waals surface area contributed by atoms with Crippen LogP contribution in [0.25, 0.3) is 0 Å². The van der Waals surface area contributed by atoms with Crippen molar-refractivity contribution in [1.29, 1.82) is 0 Å². The number of nitrogens with one attached hydrogen (secondary N) is 1. The van der Waals surface area contributed by atoms with Crippen LogP contribution in [0.4, 0.5) is 13.2 Å². The molecule has 1 aromatic heterocycles. The molecule has 2 N–H and O–H groups in total. The first kappa shape index (κ1) is 16.7. The van der Waals surface area contributed by atoms with Gasteiger partial charge in [-0.1, -0.05) is 25.7 Å². The molecule has 122 valence electrons. The number of thiazole rings is 1. The van der Waals surface area contributed by atoms with Gasteiger partial charge in [0.15, 0.2) is 5.01 Å². The van der Waals surface area contributed by atoms with Gasteiger partial charge in [-0.3, -0.25) is 4.79 Å². The molecule has 2 rings (SSSR count). The molecule has 0 spiro atoms.